The molecule has 1 aliphatic rings. The molecule has 0 atom stereocenters. The molecule has 1 aromatic rings. The molecule has 0 unspecified atom stereocenters. The van der Waals surface area contributed by atoms with E-state index in [1.165, 1.54) is 21.9 Å². The molecule has 0 saturated carbocycles. The van der Waals surface area contributed by atoms with Crippen molar-refractivity contribution in [3.63, 3.8) is 0 Å². The average molecular weight is 304 g/mol. The van der Waals surface area contributed by atoms with Gasteiger partial charge < -0.3 is 15.1 Å². The van der Waals surface area contributed by atoms with Crippen molar-refractivity contribution in [1.29, 1.82) is 0 Å². The van der Waals surface area contributed by atoms with E-state index < -0.39 is 18.5 Å². The fourth-order valence-electron chi connectivity index (χ4n) is 2.20. The molecular weight excluding hydrogens is 289 g/mol. The zero-order valence-electron chi connectivity index (χ0n) is 11.1. The number of phenols is 2. The Morgan fingerprint density at radius 1 is 1.10 bits per heavy atom. The minimum absolute atomic E-state index is 0.148. The first-order valence-corrected chi connectivity index (χ1v) is 6.36. The SMILES string of the molecule is O=C(c1ccc(O)c(O)c1)N1CCN(CC(F)(F)F)CC1. The van der Waals surface area contributed by atoms with Gasteiger partial charge in [-0.25, -0.2) is 0 Å². The van der Waals surface area contributed by atoms with Crippen molar-refractivity contribution in [3.05, 3.63) is 23.8 Å². The largest absolute Gasteiger partial charge is 0.504 e. The minimum atomic E-state index is -4.24. The Morgan fingerprint density at radius 3 is 2.24 bits per heavy atom. The Bertz CT molecular complexity index is 526. The molecule has 0 bridgehead atoms. The molecule has 1 amide bonds. The van der Waals surface area contributed by atoms with Gasteiger partial charge >= 0.3 is 6.18 Å². The van der Waals surface area contributed by atoms with Crippen molar-refractivity contribution in [2.24, 2.45) is 0 Å². The van der Waals surface area contributed by atoms with Crippen LogP contribution in [0.25, 0.3) is 0 Å². The van der Waals surface area contributed by atoms with Crippen LogP contribution in [-0.2, 0) is 0 Å². The van der Waals surface area contributed by atoms with Gasteiger partial charge in [-0.15, -0.1) is 0 Å². The van der Waals surface area contributed by atoms with Gasteiger partial charge in [0.1, 0.15) is 0 Å². The highest BCUT2D eigenvalue weighted by molar-refractivity contribution is 5.95. The van der Waals surface area contributed by atoms with E-state index in [1.807, 2.05) is 0 Å². The van der Waals surface area contributed by atoms with Crippen molar-refractivity contribution >= 4 is 5.91 Å². The van der Waals surface area contributed by atoms with Crippen LogP contribution >= 0.6 is 0 Å². The van der Waals surface area contributed by atoms with Crippen LogP contribution in [0.15, 0.2) is 18.2 Å². The lowest BCUT2D eigenvalue weighted by atomic mass is 10.1. The van der Waals surface area contributed by atoms with Crippen LogP contribution in [0.4, 0.5) is 13.2 Å². The van der Waals surface area contributed by atoms with E-state index in [0.717, 1.165) is 6.07 Å². The first-order chi connectivity index (χ1) is 9.76. The molecule has 0 spiro atoms. The Labute approximate surface area is 119 Å². The summed E-state index contributed by atoms with van der Waals surface area (Å²) in [4.78, 5) is 14.8. The number of rotatable bonds is 2. The van der Waals surface area contributed by atoms with Gasteiger partial charge in [0.05, 0.1) is 6.54 Å². The smallest absolute Gasteiger partial charge is 0.401 e. The number of carbonyl (C=O) groups is 1. The highest BCUT2D eigenvalue weighted by atomic mass is 19.4. The molecule has 2 rings (SSSR count). The molecule has 21 heavy (non-hydrogen) atoms. The molecule has 0 aliphatic carbocycles. The van der Waals surface area contributed by atoms with E-state index in [-0.39, 0.29) is 43.4 Å². The van der Waals surface area contributed by atoms with Gasteiger partial charge in [-0.2, -0.15) is 13.2 Å². The van der Waals surface area contributed by atoms with Crippen LogP contribution in [0.1, 0.15) is 10.4 Å². The molecule has 8 heteroatoms. The van der Waals surface area contributed by atoms with Crippen molar-refractivity contribution in [2.45, 2.75) is 6.18 Å². The number of aromatic hydroxyl groups is 2. The molecule has 116 valence electrons. The van der Waals surface area contributed by atoms with Crippen molar-refractivity contribution < 1.29 is 28.2 Å². The van der Waals surface area contributed by atoms with Crippen LogP contribution in [0.2, 0.25) is 0 Å². The third-order valence-electron chi connectivity index (χ3n) is 3.28. The first-order valence-electron chi connectivity index (χ1n) is 6.36. The summed E-state index contributed by atoms with van der Waals surface area (Å²) in [5.74, 6) is -1.12. The van der Waals surface area contributed by atoms with Crippen LogP contribution in [0.5, 0.6) is 11.5 Å². The second-order valence-corrected chi connectivity index (χ2v) is 4.89. The van der Waals surface area contributed by atoms with E-state index in [1.54, 1.807) is 0 Å². The van der Waals surface area contributed by atoms with Gasteiger partial charge in [0, 0.05) is 31.7 Å². The summed E-state index contributed by atoms with van der Waals surface area (Å²) < 4.78 is 36.8. The lowest BCUT2D eigenvalue weighted by Crippen LogP contribution is -2.50. The number of alkyl halides is 3. The van der Waals surface area contributed by atoms with Crippen LogP contribution < -0.4 is 0 Å². The maximum absolute atomic E-state index is 12.3. The Balaban J connectivity index is 1.95. The van der Waals surface area contributed by atoms with Gasteiger partial charge in [-0.3, -0.25) is 9.69 Å². The van der Waals surface area contributed by atoms with Crippen LogP contribution in [0, 0.1) is 0 Å². The van der Waals surface area contributed by atoms with E-state index in [9.17, 15) is 28.2 Å². The standard InChI is InChI=1S/C13H15F3N2O3/c14-13(15,16)8-17-3-5-18(6-4-17)12(21)9-1-2-10(19)11(20)7-9/h1-2,7,19-20H,3-6,8H2. The number of amides is 1. The van der Waals surface area contributed by atoms with Gasteiger partial charge in [-0.05, 0) is 18.2 Å². The van der Waals surface area contributed by atoms with Crippen molar-refractivity contribution in [3.8, 4) is 11.5 Å². The minimum Gasteiger partial charge on any atom is -0.504 e. The highest BCUT2D eigenvalue weighted by Crippen LogP contribution is 2.26. The fourth-order valence-corrected chi connectivity index (χ4v) is 2.20. The van der Waals surface area contributed by atoms with Crippen LogP contribution in [-0.4, -0.2) is 64.8 Å². The molecule has 1 saturated heterocycles. The molecule has 2 N–H and O–H groups in total. The third-order valence-corrected chi connectivity index (χ3v) is 3.28. The van der Waals surface area contributed by atoms with E-state index in [2.05, 4.69) is 0 Å². The first kappa shape index (κ1) is 15.4. The summed E-state index contributed by atoms with van der Waals surface area (Å²) in [6.45, 7) is -0.299. The number of hydrogen-bond acceptors (Lipinski definition) is 4. The summed E-state index contributed by atoms with van der Waals surface area (Å²) in [6, 6.07) is 3.70. The number of hydrogen-bond donors (Lipinski definition) is 2. The third kappa shape index (κ3) is 4.01. The van der Waals surface area contributed by atoms with E-state index in [0.29, 0.717) is 0 Å². The lowest BCUT2D eigenvalue weighted by Gasteiger charge is -2.35. The predicted molar refractivity (Wildman–Crippen MR) is 68.2 cm³/mol. The average Bonchev–Trinajstić information content (AvgIpc) is 2.40. The molecule has 1 heterocycles. The molecule has 0 aromatic heterocycles. The van der Waals surface area contributed by atoms with E-state index >= 15 is 0 Å². The summed E-state index contributed by atoms with van der Waals surface area (Å²) in [7, 11) is 0. The zero-order chi connectivity index (χ0) is 15.6. The summed E-state index contributed by atoms with van der Waals surface area (Å²) >= 11 is 0. The Kier molecular flexibility index (Phi) is 4.26. The quantitative estimate of drug-likeness (QED) is 0.811. The van der Waals surface area contributed by atoms with Crippen LogP contribution in [0.3, 0.4) is 0 Å². The number of nitrogens with zero attached hydrogens (tertiary/aromatic N) is 2. The molecule has 1 aliphatic heterocycles. The van der Waals surface area contributed by atoms with Gasteiger partial charge in [0.15, 0.2) is 11.5 Å². The summed E-state index contributed by atoms with van der Waals surface area (Å²) in [6.07, 6.45) is -4.24. The molecule has 0 radical (unpaired) electrons. The number of piperazine rings is 1. The Morgan fingerprint density at radius 2 is 1.71 bits per heavy atom. The topological polar surface area (TPSA) is 64.0 Å². The number of benzene rings is 1. The predicted octanol–water partition coefficient (Wildman–Crippen LogP) is 1.42. The fraction of sp³-hybridized carbons (Fsp3) is 0.462. The maximum Gasteiger partial charge on any atom is 0.401 e. The van der Waals surface area contributed by atoms with E-state index in [4.69, 9.17) is 0 Å². The van der Waals surface area contributed by atoms with Crippen molar-refractivity contribution in [2.75, 3.05) is 32.7 Å². The second-order valence-electron chi connectivity index (χ2n) is 4.89. The van der Waals surface area contributed by atoms with Gasteiger partial charge in [0.25, 0.3) is 5.91 Å². The Hall–Kier alpha value is -1.96. The van der Waals surface area contributed by atoms with Gasteiger partial charge in [-0.1, -0.05) is 0 Å². The maximum atomic E-state index is 12.3. The summed E-state index contributed by atoms with van der Waals surface area (Å²) in [5.41, 5.74) is 0.189. The lowest BCUT2D eigenvalue weighted by molar-refractivity contribution is -0.148. The molecule has 1 aromatic carbocycles. The number of phenolic OH excluding ortho intramolecular Hbond substituents is 2. The normalized spacial score (nSPS) is 17.0. The summed E-state index contributed by atoms with van der Waals surface area (Å²) in [5, 5.41) is 18.6. The van der Waals surface area contributed by atoms with Gasteiger partial charge in [0.2, 0.25) is 0 Å². The molecule has 5 nitrogen and oxygen atoms in total. The number of carbonyl (C=O) groups excluding carboxylic acids is 1. The molecule has 1 fully saturated rings. The zero-order valence-corrected chi connectivity index (χ0v) is 11.1. The number of halogens is 3. The highest BCUT2D eigenvalue weighted by Gasteiger charge is 2.33. The second kappa shape index (κ2) is 5.80. The molecular formula is C13H15F3N2O3. The van der Waals surface area contributed by atoms with Crippen molar-refractivity contribution in [1.82, 2.24) is 9.80 Å². The monoisotopic (exact) mass is 304 g/mol.